The molecule has 0 aliphatic rings. The second kappa shape index (κ2) is 7.78. The maximum atomic E-state index is 12.2. The van der Waals surface area contributed by atoms with Crippen LogP contribution in [-0.2, 0) is 11.3 Å². The second-order valence-corrected chi connectivity index (χ2v) is 6.56. The van der Waals surface area contributed by atoms with E-state index in [4.69, 9.17) is 4.74 Å². The number of nitrogens with one attached hydrogen (secondary N) is 2. The topological polar surface area (TPSA) is 98.1 Å². The molecular formula is C17H23N5O3. The van der Waals surface area contributed by atoms with Crippen LogP contribution in [0.3, 0.4) is 0 Å². The minimum atomic E-state index is -0.439. The quantitative estimate of drug-likeness (QED) is 0.830. The van der Waals surface area contributed by atoms with Crippen LogP contribution in [0.4, 0.5) is 5.69 Å². The molecular weight excluding hydrogens is 322 g/mol. The minimum Gasteiger partial charge on any atom is -0.497 e. The Morgan fingerprint density at radius 1 is 1.20 bits per heavy atom. The molecule has 0 bridgehead atoms. The van der Waals surface area contributed by atoms with Gasteiger partial charge in [-0.3, -0.25) is 9.59 Å². The fourth-order valence-corrected chi connectivity index (χ4v) is 1.93. The SMILES string of the molecule is COc1ccc(NC(=O)c2cn(CCNC(=O)C(C)(C)C)nn2)cc1. The molecule has 2 rings (SSSR count). The molecule has 1 aromatic heterocycles. The van der Waals surface area contributed by atoms with E-state index < -0.39 is 5.41 Å². The summed E-state index contributed by atoms with van der Waals surface area (Å²) in [6.45, 7) is 6.39. The predicted molar refractivity (Wildman–Crippen MR) is 93.4 cm³/mol. The lowest BCUT2D eigenvalue weighted by Crippen LogP contribution is -2.36. The summed E-state index contributed by atoms with van der Waals surface area (Å²) in [6, 6.07) is 6.99. The van der Waals surface area contributed by atoms with Crippen molar-refractivity contribution in [2.45, 2.75) is 27.3 Å². The van der Waals surface area contributed by atoms with E-state index in [1.807, 2.05) is 20.8 Å². The van der Waals surface area contributed by atoms with E-state index in [2.05, 4.69) is 20.9 Å². The largest absolute Gasteiger partial charge is 0.497 e. The summed E-state index contributed by atoms with van der Waals surface area (Å²) < 4.78 is 6.59. The molecule has 1 aromatic carbocycles. The van der Waals surface area contributed by atoms with Crippen LogP contribution in [0.5, 0.6) is 5.75 Å². The number of benzene rings is 1. The van der Waals surface area contributed by atoms with Crippen molar-refractivity contribution in [3.05, 3.63) is 36.2 Å². The number of carbonyl (C=O) groups is 2. The Labute approximate surface area is 146 Å². The molecule has 0 spiro atoms. The third-order valence-corrected chi connectivity index (χ3v) is 3.43. The predicted octanol–water partition coefficient (Wildman–Crippen LogP) is 1.70. The van der Waals surface area contributed by atoms with Crippen molar-refractivity contribution in [2.75, 3.05) is 19.0 Å². The summed E-state index contributed by atoms with van der Waals surface area (Å²) in [5, 5.41) is 13.3. The van der Waals surface area contributed by atoms with Crippen LogP contribution < -0.4 is 15.4 Å². The molecule has 134 valence electrons. The highest BCUT2D eigenvalue weighted by atomic mass is 16.5. The van der Waals surface area contributed by atoms with Crippen LogP contribution >= 0.6 is 0 Å². The molecule has 2 N–H and O–H groups in total. The fraction of sp³-hybridized carbons (Fsp3) is 0.412. The first-order valence-corrected chi connectivity index (χ1v) is 7.93. The summed E-state index contributed by atoms with van der Waals surface area (Å²) >= 11 is 0. The Bertz CT molecular complexity index is 731. The summed E-state index contributed by atoms with van der Waals surface area (Å²) in [4.78, 5) is 24.0. The molecule has 25 heavy (non-hydrogen) atoms. The zero-order valence-electron chi connectivity index (χ0n) is 14.9. The number of hydrogen-bond acceptors (Lipinski definition) is 5. The number of hydrogen-bond donors (Lipinski definition) is 2. The van der Waals surface area contributed by atoms with Crippen molar-refractivity contribution in [1.29, 1.82) is 0 Å². The van der Waals surface area contributed by atoms with Gasteiger partial charge in [0.15, 0.2) is 5.69 Å². The van der Waals surface area contributed by atoms with Gasteiger partial charge in [-0.25, -0.2) is 4.68 Å². The number of aromatic nitrogens is 3. The molecule has 0 saturated carbocycles. The molecule has 0 radical (unpaired) electrons. The number of carbonyl (C=O) groups excluding carboxylic acids is 2. The maximum absolute atomic E-state index is 12.2. The molecule has 0 saturated heterocycles. The van der Waals surface area contributed by atoms with Crippen molar-refractivity contribution in [3.63, 3.8) is 0 Å². The Kier molecular flexibility index (Phi) is 5.74. The molecule has 0 unspecified atom stereocenters. The van der Waals surface area contributed by atoms with Crippen molar-refractivity contribution in [3.8, 4) is 5.75 Å². The summed E-state index contributed by atoms with van der Waals surface area (Å²) in [5.74, 6) is 0.321. The molecule has 8 heteroatoms. The van der Waals surface area contributed by atoms with Gasteiger partial charge >= 0.3 is 0 Å². The Morgan fingerprint density at radius 3 is 2.48 bits per heavy atom. The molecule has 0 aliphatic carbocycles. The average molecular weight is 345 g/mol. The van der Waals surface area contributed by atoms with Crippen molar-refractivity contribution in [1.82, 2.24) is 20.3 Å². The molecule has 0 atom stereocenters. The number of methoxy groups -OCH3 is 1. The summed E-state index contributed by atoms with van der Waals surface area (Å²) in [5.41, 5.74) is 0.405. The number of nitrogens with zero attached hydrogens (tertiary/aromatic N) is 3. The first-order valence-electron chi connectivity index (χ1n) is 7.93. The Balaban J connectivity index is 1.87. The number of ether oxygens (including phenoxy) is 1. The van der Waals surface area contributed by atoms with Crippen LogP contribution in [0, 0.1) is 5.41 Å². The molecule has 1 heterocycles. The van der Waals surface area contributed by atoms with Gasteiger partial charge in [-0.05, 0) is 24.3 Å². The third-order valence-electron chi connectivity index (χ3n) is 3.43. The van der Waals surface area contributed by atoms with Crippen molar-refractivity contribution >= 4 is 17.5 Å². The second-order valence-electron chi connectivity index (χ2n) is 6.56. The fourth-order valence-electron chi connectivity index (χ4n) is 1.93. The standard InChI is InChI=1S/C17H23N5O3/c1-17(2,3)16(24)18-9-10-22-11-14(20-21-22)15(23)19-12-5-7-13(25-4)8-6-12/h5-8,11H,9-10H2,1-4H3,(H,18,24)(H,19,23). The van der Waals surface area contributed by atoms with E-state index >= 15 is 0 Å². The van der Waals surface area contributed by atoms with Gasteiger partial charge in [0.05, 0.1) is 19.9 Å². The maximum Gasteiger partial charge on any atom is 0.277 e. The summed E-state index contributed by atoms with van der Waals surface area (Å²) in [7, 11) is 1.58. The zero-order chi connectivity index (χ0) is 18.4. The average Bonchev–Trinajstić information content (AvgIpc) is 3.03. The highest BCUT2D eigenvalue weighted by Gasteiger charge is 2.20. The van der Waals surface area contributed by atoms with E-state index in [-0.39, 0.29) is 17.5 Å². The highest BCUT2D eigenvalue weighted by Crippen LogP contribution is 2.15. The van der Waals surface area contributed by atoms with E-state index in [1.165, 1.54) is 4.68 Å². The van der Waals surface area contributed by atoms with Crippen molar-refractivity contribution < 1.29 is 14.3 Å². The van der Waals surface area contributed by atoms with Gasteiger partial charge in [0.25, 0.3) is 5.91 Å². The monoisotopic (exact) mass is 345 g/mol. The zero-order valence-corrected chi connectivity index (χ0v) is 14.9. The number of rotatable bonds is 6. The lowest BCUT2D eigenvalue weighted by molar-refractivity contribution is -0.128. The molecule has 0 fully saturated rings. The highest BCUT2D eigenvalue weighted by molar-refractivity contribution is 6.02. The van der Waals surface area contributed by atoms with E-state index in [1.54, 1.807) is 37.6 Å². The smallest absolute Gasteiger partial charge is 0.277 e. The first-order chi connectivity index (χ1) is 11.8. The van der Waals surface area contributed by atoms with E-state index in [0.717, 1.165) is 0 Å². The number of amides is 2. The van der Waals surface area contributed by atoms with Gasteiger partial charge in [0, 0.05) is 17.6 Å². The molecule has 2 amide bonds. The third kappa shape index (κ3) is 5.30. The van der Waals surface area contributed by atoms with Gasteiger partial charge in [-0.15, -0.1) is 5.10 Å². The van der Waals surface area contributed by atoms with Crippen LogP contribution in [-0.4, -0.2) is 40.5 Å². The summed E-state index contributed by atoms with van der Waals surface area (Å²) in [6.07, 6.45) is 1.54. The van der Waals surface area contributed by atoms with Gasteiger partial charge < -0.3 is 15.4 Å². The van der Waals surface area contributed by atoms with E-state index in [0.29, 0.717) is 24.5 Å². The first kappa shape index (κ1) is 18.4. The van der Waals surface area contributed by atoms with Crippen LogP contribution in [0.1, 0.15) is 31.3 Å². The lowest BCUT2D eigenvalue weighted by atomic mass is 9.96. The van der Waals surface area contributed by atoms with Crippen LogP contribution in [0.25, 0.3) is 0 Å². The normalized spacial score (nSPS) is 11.0. The Morgan fingerprint density at radius 2 is 1.88 bits per heavy atom. The van der Waals surface area contributed by atoms with Gasteiger partial charge in [-0.2, -0.15) is 0 Å². The molecule has 8 nitrogen and oxygen atoms in total. The molecule has 0 aliphatic heterocycles. The van der Waals surface area contributed by atoms with Gasteiger partial charge in [-0.1, -0.05) is 26.0 Å². The van der Waals surface area contributed by atoms with Gasteiger partial charge in [0.2, 0.25) is 5.91 Å². The Hall–Kier alpha value is -2.90. The lowest BCUT2D eigenvalue weighted by Gasteiger charge is -2.17. The van der Waals surface area contributed by atoms with Crippen LogP contribution in [0.2, 0.25) is 0 Å². The van der Waals surface area contributed by atoms with Gasteiger partial charge in [0.1, 0.15) is 5.75 Å². The molecule has 2 aromatic rings. The van der Waals surface area contributed by atoms with Crippen molar-refractivity contribution in [2.24, 2.45) is 5.41 Å². The minimum absolute atomic E-state index is 0.0370. The van der Waals surface area contributed by atoms with Crippen LogP contribution in [0.15, 0.2) is 30.5 Å². The number of anilines is 1. The van der Waals surface area contributed by atoms with E-state index in [9.17, 15) is 9.59 Å².